The molecule has 1 aliphatic rings. The Morgan fingerprint density at radius 3 is 2.25 bits per heavy atom. The van der Waals surface area contributed by atoms with Gasteiger partial charge in [-0.2, -0.15) is 0 Å². The number of nitrogens with zero attached hydrogens (tertiary/aromatic N) is 3. The molecule has 0 aliphatic carbocycles. The summed E-state index contributed by atoms with van der Waals surface area (Å²) < 4.78 is 5.16. The smallest absolute Gasteiger partial charge is 0.111 e. The van der Waals surface area contributed by atoms with Crippen LogP contribution in [0.5, 0.6) is 0 Å². The van der Waals surface area contributed by atoms with Crippen molar-refractivity contribution in [3.05, 3.63) is 10.4 Å². The van der Waals surface area contributed by atoms with Crippen LogP contribution in [0, 0.1) is 0 Å². The van der Waals surface area contributed by atoms with Gasteiger partial charge < -0.3 is 20.1 Å². The maximum absolute atomic E-state index is 9.43. The molecule has 1 saturated heterocycles. The van der Waals surface area contributed by atoms with Crippen LogP contribution in [-0.4, -0.2) is 52.4 Å². The van der Waals surface area contributed by atoms with Crippen molar-refractivity contribution in [1.29, 1.82) is 0 Å². The minimum absolute atomic E-state index is 0.0637. The Morgan fingerprint density at radius 1 is 1.19 bits per heavy atom. The van der Waals surface area contributed by atoms with Gasteiger partial charge in [0.15, 0.2) is 0 Å². The summed E-state index contributed by atoms with van der Waals surface area (Å²) in [4.78, 5) is 2.52. The molecule has 0 bridgehead atoms. The minimum atomic E-state index is -1.27. The molecule has 0 radical (unpaired) electrons. The molecule has 0 spiro atoms. The van der Waals surface area contributed by atoms with Gasteiger partial charge in [0, 0.05) is 4.91 Å². The lowest BCUT2D eigenvalue weighted by molar-refractivity contribution is -0.213. The molecule has 0 saturated carbocycles. The molecule has 1 aliphatic heterocycles. The molecule has 3 unspecified atom stereocenters. The average Bonchev–Trinajstić information content (AvgIpc) is 2.32. The van der Waals surface area contributed by atoms with Gasteiger partial charge in [-0.05, 0) is 12.5 Å². The van der Waals surface area contributed by atoms with Crippen LogP contribution in [0.1, 0.15) is 20.8 Å². The Kier molecular flexibility index (Phi) is 7.03. The molecule has 0 aromatic rings. The fourth-order valence-electron chi connectivity index (χ4n) is 1.40. The van der Waals surface area contributed by atoms with Gasteiger partial charge in [-0.3, -0.25) is 0 Å². The maximum atomic E-state index is 9.43. The molecule has 16 heavy (non-hydrogen) atoms. The Morgan fingerprint density at radius 2 is 1.75 bits per heavy atom. The number of hydrogen-bond acceptors (Lipinski definition) is 5. The summed E-state index contributed by atoms with van der Waals surface area (Å²) >= 11 is 0. The van der Waals surface area contributed by atoms with Gasteiger partial charge in [0.25, 0.3) is 0 Å². The Hall–Kier alpha value is -0.850. The lowest BCUT2D eigenvalue weighted by Gasteiger charge is -2.38. The highest BCUT2D eigenvalue weighted by Crippen LogP contribution is 2.20. The summed E-state index contributed by atoms with van der Waals surface area (Å²) in [5.74, 6) is 0. The van der Waals surface area contributed by atoms with E-state index < -0.39 is 30.5 Å². The van der Waals surface area contributed by atoms with E-state index in [0.717, 1.165) is 0 Å². The second kappa shape index (κ2) is 7.43. The molecule has 0 amide bonds. The monoisotopic (exact) mass is 233 g/mol. The zero-order valence-corrected chi connectivity index (χ0v) is 9.69. The molecular weight excluding hydrogens is 214 g/mol. The van der Waals surface area contributed by atoms with E-state index in [9.17, 15) is 15.3 Å². The summed E-state index contributed by atoms with van der Waals surface area (Å²) in [6.45, 7) is 5.51. The summed E-state index contributed by atoms with van der Waals surface area (Å²) in [6.07, 6.45) is -4.97. The first-order chi connectivity index (χ1) is 7.57. The van der Waals surface area contributed by atoms with E-state index in [-0.39, 0.29) is 6.54 Å². The van der Waals surface area contributed by atoms with E-state index in [0.29, 0.717) is 0 Å². The molecule has 94 valence electrons. The van der Waals surface area contributed by atoms with Crippen molar-refractivity contribution in [2.75, 3.05) is 6.54 Å². The first kappa shape index (κ1) is 15.2. The van der Waals surface area contributed by atoms with E-state index in [1.807, 2.05) is 13.8 Å². The summed E-state index contributed by atoms with van der Waals surface area (Å²) in [7, 11) is 0. The van der Waals surface area contributed by atoms with Gasteiger partial charge >= 0.3 is 0 Å². The van der Waals surface area contributed by atoms with E-state index in [4.69, 9.17) is 10.3 Å². The average molecular weight is 233 g/mol. The molecular formula is C9H19N3O4. The third-order valence-corrected chi connectivity index (χ3v) is 2.28. The summed E-state index contributed by atoms with van der Waals surface area (Å²) in [5.41, 5.74) is 8.08. The lowest BCUT2D eigenvalue weighted by atomic mass is 9.96. The molecule has 0 aromatic carbocycles. The number of rotatable bonds is 2. The van der Waals surface area contributed by atoms with Crippen LogP contribution in [-0.2, 0) is 4.74 Å². The van der Waals surface area contributed by atoms with Crippen molar-refractivity contribution in [2.24, 2.45) is 5.11 Å². The van der Waals surface area contributed by atoms with Gasteiger partial charge in [-0.1, -0.05) is 19.0 Å². The predicted molar refractivity (Wildman–Crippen MR) is 57.7 cm³/mol. The van der Waals surface area contributed by atoms with Gasteiger partial charge in [0.05, 0.1) is 18.8 Å². The largest absolute Gasteiger partial charge is 0.388 e. The zero-order chi connectivity index (χ0) is 12.7. The van der Waals surface area contributed by atoms with Crippen LogP contribution in [0.25, 0.3) is 10.4 Å². The van der Waals surface area contributed by atoms with Crippen molar-refractivity contribution in [1.82, 2.24) is 0 Å². The third-order valence-electron chi connectivity index (χ3n) is 2.28. The van der Waals surface area contributed by atoms with Crippen molar-refractivity contribution >= 4 is 0 Å². The SMILES string of the molecule is CC.C[C@@H]1O[C@H](CN=[N+]=[N-])C(O)C(O)C1O. The second-order valence-electron chi connectivity index (χ2n) is 3.26. The van der Waals surface area contributed by atoms with Crippen LogP contribution in [0.4, 0.5) is 0 Å². The Balaban J connectivity index is 0.00000106. The predicted octanol–water partition coefficient (Wildman–Crippen LogP) is 0.193. The molecule has 1 rings (SSSR count). The molecule has 0 aromatic heterocycles. The summed E-state index contributed by atoms with van der Waals surface area (Å²) in [6, 6.07) is 0. The normalized spacial score (nSPS) is 38.0. The van der Waals surface area contributed by atoms with Crippen molar-refractivity contribution < 1.29 is 20.1 Å². The zero-order valence-electron chi connectivity index (χ0n) is 9.69. The van der Waals surface area contributed by atoms with E-state index in [2.05, 4.69) is 10.0 Å². The van der Waals surface area contributed by atoms with Gasteiger partial charge in [0.2, 0.25) is 0 Å². The fraction of sp³-hybridized carbons (Fsp3) is 1.00. The van der Waals surface area contributed by atoms with E-state index in [1.165, 1.54) is 0 Å². The molecule has 5 atom stereocenters. The van der Waals surface area contributed by atoms with Crippen LogP contribution in [0.15, 0.2) is 5.11 Å². The number of aliphatic hydroxyl groups is 3. The van der Waals surface area contributed by atoms with Gasteiger partial charge in [-0.25, -0.2) is 0 Å². The van der Waals surface area contributed by atoms with Crippen molar-refractivity contribution in [3.8, 4) is 0 Å². The van der Waals surface area contributed by atoms with Gasteiger partial charge in [0.1, 0.15) is 18.3 Å². The van der Waals surface area contributed by atoms with Crippen LogP contribution in [0.2, 0.25) is 0 Å². The Bertz CT molecular complexity index is 245. The number of ether oxygens (including phenoxy) is 1. The Labute approximate surface area is 94.3 Å². The van der Waals surface area contributed by atoms with Crippen LogP contribution < -0.4 is 0 Å². The first-order valence-corrected chi connectivity index (χ1v) is 5.28. The fourth-order valence-corrected chi connectivity index (χ4v) is 1.40. The van der Waals surface area contributed by atoms with E-state index >= 15 is 0 Å². The standard InChI is InChI=1S/C7H13N3O4.C2H6/c1-3-5(11)7(13)6(12)4(14-3)2-9-10-8;1-2/h3-7,11-13H,2H2,1H3;1-2H3/t3-,4+,5?,6?,7?;/m0./s1. The number of aliphatic hydroxyl groups excluding tert-OH is 3. The number of hydrogen-bond donors (Lipinski definition) is 3. The minimum Gasteiger partial charge on any atom is -0.388 e. The first-order valence-electron chi connectivity index (χ1n) is 5.28. The van der Waals surface area contributed by atoms with Crippen molar-refractivity contribution in [2.45, 2.75) is 51.3 Å². The van der Waals surface area contributed by atoms with Crippen molar-refractivity contribution in [3.63, 3.8) is 0 Å². The highest BCUT2D eigenvalue weighted by Gasteiger charge is 2.41. The molecule has 3 N–H and O–H groups in total. The summed E-state index contributed by atoms with van der Waals surface area (Å²) in [5, 5.41) is 31.4. The van der Waals surface area contributed by atoms with Gasteiger partial charge in [-0.15, -0.1) is 0 Å². The number of azide groups is 1. The molecule has 1 fully saturated rings. The maximum Gasteiger partial charge on any atom is 0.111 e. The molecule has 1 heterocycles. The lowest BCUT2D eigenvalue weighted by Crippen LogP contribution is -2.57. The van der Waals surface area contributed by atoms with Crippen LogP contribution in [0.3, 0.4) is 0 Å². The van der Waals surface area contributed by atoms with Crippen LogP contribution >= 0.6 is 0 Å². The third kappa shape index (κ3) is 3.62. The second-order valence-corrected chi connectivity index (χ2v) is 3.26. The molecule has 7 nitrogen and oxygen atoms in total. The topological polar surface area (TPSA) is 119 Å². The highest BCUT2D eigenvalue weighted by atomic mass is 16.5. The molecule has 7 heteroatoms. The quantitative estimate of drug-likeness (QED) is 0.358. The highest BCUT2D eigenvalue weighted by molar-refractivity contribution is 4.91. The van der Waals surface area contributed by atoms with E-state index in [1.54, 1.807) is 6.92 Å².